The van der Waals surface area contributed by atoms with Crippen LogP contribution in [0, 0.1) is 6.92 Å². The third-order valence-corrected chi connectivity index (χ3v) is 7.14. The SMILES string of the molecule is Cc1ccc(S(=O)(=O)N[C@H](Cc2ccccc2)C(=O)N2CCOCCOCCOCCOCC2)cc1. The molecule has 0 unspecified atom stereocenters. The van der Waals surface area contributed by atoms with Crippen molar-refractivity contribution >= 4 is 15.9 Å². The molecule has 1 atom stereocenters. The lowest BCUT2D eigenvalue weighted by Gasteiger charge is -2.28. The molecule has 3 rings (SSSR count). The number of benzene rings is 2. The second-order valence-corrected chi connectivity index (χ2v) is 10.2. The van der Waals surface area contributed by atoms with E-state index < -0.39 is 16.1 Å². The second-order valence-electron chi connectivity index (χ2n) is 8.45. The van der Waals surface area contributed by atoms with Crippen molar-refractivity contribution in [2.45, 2.75) is 24.3 Å². The number of carbonyl (C=O) groups is 1. The van der Waals surface area contributed by atoms with E-state index >= 15 is 0 Å². The number of carbonyl (C=O) groups excluding carboxylic acids is 1. The molecule has 2 aromatic rings. The van der Waals surface area contributed by atoms with E-state index in [1.54, 1.807) is 17.0 Å². The molecule has 0 aliphatic carbocycles. The Morgan fingerprint density at radius 3 is 1.83 bits per heavy atom. The first-order chi connectivity index (χ1) is 17.5. The largest absolute Gasteiger partial charge is 0.377 e. The van der Waals surface area contributed by atoms with Gasteiger partial charge in [-0.2, -0.15) is 4.72 Å². The third-order valence-electron chi connectivity index (χ3n) is 5.65. The van der Waals surface area contributed by atoms with Crippen molar-refractivity contribution in [2.75, 3.05) is 65.9 Å². The molecule has 1 saturated heterocycles. The lowest BCUT2D eigenvalue weighted by atomic mass is 10.1. The minimum atomic E-state index is -3.93. The van der Waals surface area contributed by atoms with Crippen LogP contribution in [0.1, 0.15) is 11.1 Å². The quantitative estimate of drug-likeness (QED) is 0.620. The molecule has 9 nitrogen and oxygen atoms in total. The number of nitrogens with zero attached hydrogens (tertiary/aromatic N) is 1. The molecule has 2 aromatic carbocycles. The van der Waals surface area contributed by atoms with Gasteiger partial charge in [0.05, 0.1) is 57.8 Å². The molecule has 1 N–H and O–H groups in total. The van der Waals surface area contributed by atoms with Gasteiger partial charge in [-0.3, -0.25) is 4.79 Å². The molecular weight excluding hydrogens is 484 g/mol. The molecular formula is C26H36N2O7S. The predicted molar refractivity (Wildman–Crippen MR) is 135 cm³/mol. The van der Waals surface area contributed by atoms with Crippen molar-refractivity contribution in [2.24, 2.45) is 0 Å². The van der Waals surface area contributed by atoms with Gasteiger partial charge in [-0.05, 0) is 31.0 Å². The summed E-state index contributed by atoms with van der Waals surface area (Å²) in [6.45, 7) is 5.71. The van der Waals surface area contributed by atoms with Gasteiger partial charge in [-0.25, -0.2) is 8.42 Å². The summed E-state index contributed by atoms with van der Waals surface area (Å²) in [5.41, 5.74) is 1.80. The lowest BCUT2D eigenvalue weighted by Crippen LogP contribution is -2.51. The van der Waals surface area contributed by atoms with E-state index in [2.05, 4.69) is 4.72 Å². The predicted octanol–water partition coefficient (Wildman–Crippen LogP) is 1.79. The Kier molecular flexibility index (Phi) is 11.8. The fourth-order valence-corrected chi connectivity index (χ4v) is 4.85. The second kappa shape index (κ2) is 15.0. The molecule has 198 valence electrons. The Bertz CT molecular complexity index is 1000. The first-order valence-corrected chi connectivity index (χ1v) is 13.7. The standard InChI is InChI=1S/C26H36N2O7S/c1-22-7-9-24(10-8-22)36(30,31)27-25(21-23-5-3-2-4-6-23)26(29)28-11-13-32-15-17-34-19-20-35-18-16-33-14-12-28/h2-10,25,27H,11-21H2,1H3/t25-/m1/s1. The maximum absolute atomic E-state index is 13.7. The molecule has 10 heteroatoms. The lowest BCUT2D eigenvalue weighted by molar-refractivity contribution is -0.134. The molecule has 1 aliphatic rings. The zero-order chi connectivity index (χ0) is 25.6. The van der Waals surface area contributed by atoms with Gasteiger partial charge < -0.3 is 23.8 Å². The maximum atomic E-state index is 13.7. The molecule has 1 aliphatic heterocycles. The Balaban J connectivity index is 1.76. The van der Waals surface area contributed by atoms with E-state index in [9.17, 15) is 13.2 Å². The monoisotopic (exact) mass is 520 g/mol. The van der Waals surface area contributed by atoms with Gasteiger partial charge in [0.2, 0.25) is 15.9 Å². The van der Waals surface area contributed by atoms with Gasteiger partial charge in [-0.15, -0.1) is 0 Å². The summed E-state index contributed by atoms with van der Waals surface area (Å²) in [5, 5.41) is 0. The van der Waals surface area contributed by atoms with Crippen LogP contribution >= 0.6 is 0 Å². The van der Waals surface area contributed by atoms with Crippen molar-refractivity contribution in [3.8, 4) is 0 Å². The summed E-state index contributed by atoms with van der Waals surface area (Å²) in [4.78, 5) is 15.4. The van der Waals surface area contributed by atoms with Crippen LogP contribution in [0.5, 0.6) is 0 Å². The third kappa shape index (κ3) is 9.61. The van der Waals surface area contributed by atoms with Gasteiger partial charge in [0.15, 0.2) is 0 Å². The van der Waals surface area contributed by atoms with Gasteiger partial charge >= 0.3 is 0 Å². The number of rotatable bonds is 6. The number of hydrogen-bond acceptors (Lipinski definition) is 7. The van der Waals surface area contributed by atoms with Gasteiger partial charge in [0.1, 0.15) is 6.04 Å². The van der Waals surface area contributed by atoms with Crippen LogP contribution < -0.4 is 4.72 Å². The zero-order valence-electron chi connectivity index (χ0n) is 20.8. The minimum absolute atomic E-state index is 0.114. The molecule has 1 amide bonds. The molecule has 36 heavy (non-hydrogen) atoms. The number of ether oxygens (including phenoxy) is 4. The van der Waals surface area contributed by atoms with Crippen molar-refractivity contribution in [1.29, 1.82) is 0 Å². The van der Waals surface area contributed by atoms with Crippen molar-refractivity contribution < 1.29 is 32.2 Å². The van der Waals surface area contributed by atoms with E-state index in [1.807, 2.05) is 37.3 Å². The van der Waals surface area contributed by atoms with Crippen molar-refractivity contribution in [3.63, 3.8) is 0 Å². The van der Waals surface area contributed by atoms with Crippen LogP contribution in [0.3, 0.4) is 0 Å². The van der Waals surface area contributed by atoms with Crippen LogP contribution in [0.15, 0.2) is 59.5 Å². The Morgan fingerprint density at radius 2 is 1.31 bits per heavy atom. The number of hydrogen-bond donors (Lipinski definition) is 1. The fourth-order valence-electron chi connectivity index (χ4n) is 3.67. The molecule has 0 radical (unpaired) electrons. The van der Waals surface area contributed by atoms with Gasteiger partial charge in [0.25, 0.3) is 0 Å². The highest BCUT2D eigenvalue weighted by Crippen LogP contribution is 2.14. The van der Waals surface area contributed by atoms with E-state index in [1.165, 1.54) is 12.1 Å². The minimum Gasteiger partial charge on any atom is -0.377 e. The van der Waals surface area contributed by atoms with E-state index in [0.717, 1.165) is 11.1 Å². The molecule has 1 heterocycles. The van der Waals surface area contributed by atoms with Crippen LogP contribution in [-0.2, 0) is 40.2 Å². The molecule has 1 fully saturated rings. The van der Waals surface area contributed by atoms with Crippen molar-refractivity contribution in [3.05, 3.63) is 65.7 Å². The molecule has 0 spiro atoms. The average Bonchev–Trinajstić information content (AvgIpc) is 2.88. The zero-order valence-corrected chi connectivity index (χ0v) is 21.6. The van der Waals surface area contributed by atoms with Crippen LogP contribution in [-0.4, -0.2) is 91.2 Å². The fraction of sp³-hybridized carbons (Fsp3) is 0.500. The van der Waals surface area contributed by atoms with E-state index in [0.29, 0.717) is 65.9 Å². The van der Waals surface area contributed by atoms with Crippen LogP contribution in [0.25, 0.3) is 0 Å². The van der Waals surface area contributed by atoms with Gasteiger partial charge in [-0.1, -0.05) is 48.0 Å². The molecule has 0 saturated carbocycles. The van der Waals surface area contributed by atoms with Gasteiger partial charge in [0, 0.05) is 13.1 Å². The number of amides is 1. The van der Waals surface area contributed by atoms with Crippen LogP contribution in [0.4, 0.5) is 0 Å². The number of aryl methyl sites for hydroxylation is 1. The summed E-state index contributed by atoms with van der Waals surface area (Å²) >= 11 is 0. The highest BCUT2D eigenvalue weighted by molar-refractivity contribution is 7.89. The van der Waals surface area contributed by atoms with Crippen LogP contribution in [0.2, 0.25) is 0 Å². The highest BCUT2D eigenvalue weighted by Gasteiger charge is 2.29. The number of sulfonamides is 1. The Morgan fingerprint density at radius 1 is 0.806 bits per heavy atom. The summed E-state index contributed by atoms with van der Waals surface area (Å²) in [7, 11) is -3.93. The topological polar surface area (TPSA) is 103 Å². The normalized spacial score (nSPS) is 18.1. The highest BCUT2D eigenvalue weighted by atomic mass is 32.2. The maximum Gasteiger partial charge on any atom is 0.241 e. The summed E-state index contributed by atoms with van der Waals surface area (Å²) in [6, 6.07) is 14.9. The summed E-state index contributed by atoms with van der Waals surface area (Å²) in [6.07, 6.45) is 0.213. The molecule has 0 aromatic heterocycles. The summed E-state index contributed by atoms with van der Waals surface area (Å²) < 4.78 is 51.2. The summed E-state index contributed by atoms with van der Waals surface area (Å²) in [5.74, 6) is -0.335. The van der Waals surface area contributed by atoms with E-state index in [-0.39, 0.29) is 17.2 Å². The van der Waals surface area contributed by atoms with E-state index in [4.69, 9.17) is 18.9 Å². The first-order valence-electron chi connectivity index (χ1n) is 12.2. The Labute approximate surface area is 213 Å². The molecule has 0 bridgehead atoms. The Hall–Kier alpha value is -2.34. The average molecular weight is 521 g/mol. The first kappa shape index (κ1) is 28.2. The smallest absolute Gasteiger partial charge is 0.241 e. The number of nitrogens with one attached hydrogen (secondary N) is 1. The van der Waals surface area contributed by atoms with Crippen molar-refractivity contribution in [1.82, 2.24) is 9.62 Å².